The maximum Gasteiger partial charge on any atom is 0.326 e. The summed E-state index contributed by atoms with van der Waals surface area (Å²) in [5, 5.41) is 9.34. The van der Waals surface area contributed by atoms with Gasteiger partial charge in [0.2, 0.25) is 11.8 Å². The van der Waals surface area contributed by atoms with Crippen molar-refractivity contribution in [2.75, 3.05) is 12.0 Å². The Morgan fingerprint density at radius 3 is 2.35 bits per heavy atom. The molecule has 5 atom stereocenters. The molecule has 1 N–H and O–H groups in total. The first-order valence-corrected chi connectivity index (χ1v) is 8.22. The van der Waals surface area contributed by atoms with Gasteiger partial charge < -0.3 is 5.11 Å². The highest BCUT2D eigenvalue weighted by Crippen LogP contribution is 2.52. The molecule has 0 unspecified atom stereocenters. The summed E-state index contributed by atoms with van der Waals surface area (Å²) in [5.41, 5.74) is 0. The molecule has 0 aromatic heterocycles. The third-order valence-electron chi connectivity index (χ3n) is 4.70. The number of carbonyl (C=O) groups excluding carboxylic acids is 2. The van der Waals surface area contributed by atoms with Gasteiger partial charge >= 0.3 is 5.97 Å². The molecule has 2 amide bonds. The third kappa shape index (κ3) is 1.81. The highest BCUT2D eigenvalue weighted by Gasteiger charge is 2.61. The maximum atomic E-state index is 12.5. The number of carboxylic acid groups (broad SMARTS) is 1. The van der Waals surface area contributed by atoms with Gasteiger partial charge in [-0.1, -0.05) is 12.2 Å². The molecule has 20 heavy (non-hydrogen) atoms. The number of aliphatic carboxylic acids is 1. The summed E-state index contributed by atoms with van der Waals surface area (Å²) in [6, 6.07) is -1.01. The first-order chi connectivity index (χ1) is 9.56. The van der Waals surface area contributed by atoms with Crippen LogP contribution in [0.15, 0.2) is 12.2 Å². The van der Waals surface area contributed by atoms with Crippen LogP contribution in [0.2, 0.25) is 0 Å². The van der Waals surface area contributed by atoms with Gasteiger partial charge in [-0.15, -0.1) is 0 Å². The number of carbonyl (C=O) groups is 3. The first-order valence-electron chi connectivity index (χ1n) is 6.83. The fourth-order valence-electron chi connectivity index (χ4n) is 3.83. The van der Waals surface area contributed by atoms with Crippen LogP contribution in [0.1, 0.15) is 12.8 Å². The van der Waals surface area contributed by atoms with E-state index in [4.69, 9.17) is 0 Å². The predicted octanol–water partition coefficient (Wildman–Crippen LogP) is 1.000. The summed E-state index contributed by atoms with van der Waals surface area (Å²) in [5.74, 6) is -1.38. The number of nitrogens with zero attached hydrogens (tertiary/aromatic N) is 1. The van der Waals surface area contributed by atoms with Gasteiger partial charge in [-0.2, -0.15) is 11.8 Å². The monoisotopic (exact) mass is 295 g/mol. The molecule has 2 fully saturated rings. The highest BCUT2D eigenvalue weighted by molar-refractivity contribution is 7.98. The van der Waals surface area contributed by atoms with E-state index < -0.39 is 12.0 Å². The molecule has 0 aromatic carbocycles. The molecule has 5 nitrogen and oxygen atoms in total. The summed E-state index contributed by atoms with van der Waals surface area (Å²) < 4.78 is 0. The lowest BCUT2D eigenvalue weighted by Crippen LogP contribution is -2.46. The zero-order chi connectivity index (χ0) is 14.4. The van der Waals surface area contributed by atoms with E-state index in [0.29, 0.717) is 12.2 Å². The van der Waals surface area contributed by atoms with E-state index in [1.807, 2.05) is 18.4 Å². The topological polar surface area (TPSA) is 74.7 Å². The van der Waals surface area contributed by atoms with E-state index in [-0.39, 0.29) is 35.5 Å². The molecule has 2 bridgehead atoms. The minimum absolute atomic E-state index is 0.126. The molecule has 0 radical (unpaired) electrons. The lowest BCUT2D eigenvalue weighted by Gasteiger charge is -2.24. The van der Waals surface area contributed by atoms with Gasteiger partial charge in [0, 0.05) is 0 Å². The van der Waals surface area contributed by atoms with Gasteiger partial charge in [0.15, 0.2) is 0 Å². The molecule has 1 saturated heterocycles. The zero-order valence-corrected chi connectivity index (χ0v) is 12.0. The van der Waals surface area contributed by atoms with E-state index in [9.17, 15) is 19.5 Å². The Labute approximate surface area is 121 Å². The lowest BCUT2D eigenvalue weighted by molar-refractivity contribution is -0.155. The second-order valence-corrected chi connectivity index (χ2v) is 6.67. The predicted molar refractivity (Wildman–Crippen MR) is 74.0 cm³/mol. The minimum atomic E-state index is -1.08. The van der Waals surface area contributed by atoms with Crippen LogP contribution in [0.4, 0.5) is 0 Å². The van der Waals surface area contributed by atoms with Gasteiger partial charge in [-0.3, -0.25) is 14.5 Å². The first kappa shape index (κ1) is 13.7. The standard InChI is InChI=1S/C14H17NO4S/c1-20-5-4-9(14(18)19)15-12(16)10-7-2-3-8(6-7)11(10)13(15)17/h2-3,7-11H,4-6H2,1H3,(H,18,19)/t7-,8-,9-,10-,11+/m0/s1. The molecule has 3 aliphatic rings. The SMILES string of the molecule is CSCC[C@@H](C(=O)O)N1C(=O)[C@@H]2[C@H](C1=O)[C@H]1C=C[C@H]2C1. The average molecular weight is 295 g/mol. The summed E-state index contributed by atoms with van der Waals surface area (Å²) >= 11 is 1.52. The van der Waals surface area contributed by atoms with Crippen LogP contribution < -0.4 is 0 Å². The zero-order valence-electron chi connectivity index (χ0n) is 11.2. The van der Waals surface area contributed by atoms with Crippen molar-refractivity contribution < 1.29 is 19.5 Å². The number of allylic oxidation sites excluding steroid dienone is 2. The second-order valence-electron chi connectivity index (χ2n) is 5.68. The molecule has 3 rings (SSSR count). The molecule has 1 heterocycles. The fraction of sp³-hybridized carbons (Fsp3) is 0.643. The normalized spacial score (nSPS) is 35.8. The Morgan fingerprint density at radius 2 is 1.90 bits per heavy atom. The fourth-order valence-corrected chi connectivity index (χ4v) is 4.28. The molecule has 108 valence electrons. The van der Waals surface area contributed by atoms with E-state index in [0.717, 1.165) is 11.3 Å². The summed E-state index contributed by atoms with van der Waals surface area (Å²) in [6.45, 7) is 0. The van der Waals surface area contributed by atoms with Crippen molar-refractivity contribution >= 4 is 29.5 Å². The number of amides is 2. The van der Waals surface area contributed by atoms with Crippen molar-refractivity contribution in [1.29, 1.82) is 0 Å². The van der Waals surface area contributed by atoms with Gasteiger partial charge in [-0.05, 0) is 36.7 Å². The molecule has 0 aromatic rings. The molecule has 2 aliphatic carbocycles. The number of hydrogen-bond acceptors (Lipinski definition) is 4. The molecular formula is C14H17NO4S. The van der Waals surface area contributed by atoms with Crippen molar-refractivity contribution in [1.82, 2.24) is 4.90 Å². The Balaban J connectivity index is 1.86. The molecular weight excluding hydrogens is 278 g/mol. The number of hydrogen-bond donors (Lipinski definition) is 1. The quantitative estimate of drug-likeness (QED) is 0.605. The highest BCUT2D eigenvalue weighted by atomic mass is 32.2. The van der Waals surface area contributed by atoms with Gasteiger partial charge in [0.1, 0.15) is 6.04 Å². The van der Waals surface area contributed by atoms with Crippen molar-refractivity contribution in [2.24, 2.45) is 23.7 Å². The van der Waals surface area contributed by atoms with Crippen LogP contribution in [-0.2, 0) is 14.4 Å². The van der Waals surface area contributed by atoms with E-state index in [1.165, 1.54) is 11.8 Å². The summed E-state index contributed by atoms with van der Waals surface area (Å²) in [7, 11) is 0. The van der Waals surface area contributed by atoms with Crippen molar-refractivity contribution in [2.45, 2.75) is 18.9 Å². The van der Waals surface area contributed by atoms with E-state index >= 15 is 0 Å². The Kier molecular flexibility index (Phi) is 3.36. The van der Waals surface area contributed by atoms with Crippen LogP contribution in [-0.4, -0.2) is 45.8 Å². The minimum Gasteiger partial charge on any atom is -0.480 e. The Bertz CT molecular complexity index is 473. The van der Waals surface area contributed by atoms with Crippen LogP contribution in [0.3, 0.4) is 0 Å². The third-order valence-corrected chi connectivity index (χ3v) is 5.34. The van der Waals surface area contributed by atoms with E-state index in [2.05, 4.69) is 0 Å². The summed E-state index contributed by atoms with van der Waals surface area (Å²) in [6.07, 6.45) is 7.08. The Hall–Kier alpha value is -1.30. The summed E-state index contributed by atoms with van der Waals surface area (Å²) in [4.78, 5) is 37.4. The lowest BCUT2D eigenvalue weighted by atomic mass is 9.85. The number of thioether (sulfide) groups is 1. The van der Waals surface area contributed by atoms with Gasteiger partial charge in [0.25, 0.3) is 0 Å². The van der Waals surface area contributed by atoms with Crippen molar-refractivity contribution in [3.05, 3.63) is 12.2 Å². The number of carboxylic acids is 1. The van der Waals surface area contributed by atoms with Crippen LogP contribution in [0.25, 0.3) is 0 Å². The average Bonchev–Trinajstić information content (AvgIpc) is 3.07. The van der Waals surface area contributed by atoms with Crippen LogP contribution in [0.5, 0.6) is 0 Å². The smallest absolute Gasteiger partial charge is 0.326 e. The van der Waals surface area contributed by atoms with Gasteiger partial charge in [-0.25, -0.2) is 4.79 Å². The van der Waals surface area contributed by atoms with Crippen LogP contribution >= 0.6 is 11.8 Å². The molecule has 1 aliphatic heterocycles. The van der Waals surface area contributed by atoms with Gasteiger partial charge in [0.05, 0.1) is 11.8 Å². The molecule has 6 heteroatoms. The number of fused-ring (bicyclic) bond motifs is 5. The van der Waals surface area contributed by atoms with Crippen molar-refractivity contribution in [3.8, 4) is 0 Å². The largest absolute Gasteiger partial charge is 0.480 e. The maximum absolute atomic E-state index is 12.5. The number of imide groups is 1. The number of likely N-dealkylation sites (tertiary alicyclic amines) is 1. The van der Waals surface area contributed by atoms with Crippen molar-refractivity contribution in [3.63, 3.8) is 0 Å². The number of rotatable bonds is 5. The van der Waals surface area contributed by atoms with Crippen LogP contribution in [0, 0.1) is 23.7 Å². The Morgan fingerprint density at radius 1 is 1.35 bits per heavy atom. The second kappa shape index (κ2) is 4.91. The molecule has 1 saturated carbocycles. The van der Waals surface area contributed by atoms with E-state index in [1.54, 1.807) is 0 Å². The molecule has 0 spiro atoms.